The van der Waals surface area contributed by atoms with Crippen LogP contribution in [0.1, 0.15) is 18.3 Å². The van der Waals surface area contributed by atoms with Crippen LogP contribution in [0.4, 0.5) is 0 Å². The number of pyridine rings is 1. The topological polar surface area (TPSA) is 53.4 Å². The second kappa shape index (κ2) is 3.69. The van der Waals surface area contributed by atoms with E-state index in [-0.39, 0.29) is 0 Å². The van der Waals surface area contributed by atoms with Gasteiger partial charge in [0.1, 0.15) is 0 Å². The lowest BCUT2D eigenvalue weighted by Crippen LogP contribution is -2.33. The normalized spacial score (nSPS) is 10.0. The van der Waals surface area contributed by atoms with Crippen molar-refractivity contribution in [1.29, 1.82) is 0 Å². The summed E-state index contributed by atoms with van der Waals surface area (Å²) in [4.78, 5) is 4.19. The zero-order chi connectivity index (χ0) is 9.14. The number of hydrogen-bond acceptors (Lipinski definition) is 3. The Labute approximate surface area is 72.2 Å². The summed E-state index contributed by atoms with van der Waals surface area (Å²) in [6.07, 6.45) is 0.717. The highest BCUT2D eigenvalue weighted by Crippen LogP contribution is 1.97. The molecule has 0 radical (unpaired) electrons. The molecule has 1 aromatic heterocycles. The summed E-state index contributed by atoms with van der Waals surface area (Å²) in [5, 5.41) is 17.9. The molecular formula is C8H12BNO2. The molecule has 0 amide bonds. The Balaban J connectivity index is 3.11. The molecule has 64 valence electrons. The lowest BCUT2D eigenvalue weighted by atomic mass is 9.78. The second-order valence-corrected chi connectivity index (χ2v) is 2.72. The van der Waals surface area contributed by atoms with Crippen molar-refractivity contribution in [2.45, 2.75) is 20.3 Å². The van der Waals surface area contributed by atoms with E-state index < -0.39 is 7.12 Å². The van der Waals surface area contributed by atoms with Crippen LogP contribution in [0, 0.1) is 6.92 Å². The fourth-order valence-corrected chi connectivity index (χ4v) is 1.14. The SMILES string of the molecule is CCc1nc(C)ccc1B(O)O. The number of hydrogen-bond donors (Lipinski definition) is 2. The average molecular weight is 165 g/mol. The van der Waals surface area contributed by atoms with Gasteiger partial charge in [-0.3, -0.25) is 4.98 Å². The fourth-order valence-electron chi connectivity index (χ4n) is 1.14. The number of nitrogens with zero attached hydrogens (tertiary/aromatic N) is 1. The molecule has 1 heterocycles. The molecule has 0 atom stereocenters. The van der Waals surface area contributed by atoms with Crippen molar-refractivity contribution < 1.29 is 10.0 Å². The van der Waals surface area contributed by atoms with E-state index in [1.165, 1.54) is 0 Å². The number of rotatable bonds is 2. The third-order valence-electron chi connectivity index (χ3n) is 1.76. The van der Waals surface area contributed by atoms with E-state index in [4.69, 9.17) is 10.0 Å². The first-order chi connectivity index (χ1) is 5.65. The van der Waals surface area contributed by atoms with Crippen LogP contribution in [-0.2, 0) is 6.42 Å². The molecule has 0 saturated carbocycles. The van der Waals surface area contributed by atoms with Crippen LogP contribution in [0.5, 0.6) is 0 Å². The standard InChI is InChI=1S/C8H12BNO2/c1-3-8-7(9(11)12)5-4-6(2)10-8/h4-5,11-12H,3H2,1-2H3. The molecule has 0 aliphatic carbocycles. The van der Waals surface area contributed by atoms with E-state index in [0.717, 1.165) is 11.4 Å². The highest BCUT2D eigenvalue weighted by atomic mass is 16.4. The lowest BCUT2D eigenvalue weighted by Gasteiger charge is -2.05. The Kier molecular flexibility index (Phi) is 2.84. The Morgan fingerprint density at radius 1 is 1.42 bits per heavy atom. The molecule has 0 aromatic carbocycles. The Morgan fingerprint density at radius 2 is 2.08 bits per heavy atom. The molecule has 1 rings (SSSR count). The molecule has 3 nitrogen and oxygen atoms in total. The fraction of sp³-hybridized carbons (Fsp3) is 0.375. The van der Waals surface area contributed by atoms with Gasteiger partial charge in [0.2, 0.25) is 0 Å². The molecule has 4 heteroatoms. The predicted octanol–water partition coefficient (Wildman–Crippen LogP) is -0.368. The Morgan fingerprint density at radius 3 is 2.58 bits per heavy atom. The summed E-state index contributed by atoms with van der Waals surface area (Å²) in [5.74, 6) is 0. The third kappa shape index (κ3) is 1.84. The van der Waals surface area contributed by atoms with Gasteiger partial charge in [-0.1, -0.05) is 13.0 Å². The maximum Gasteiger partial charge on any atom is 0.490 e. The molecule has 0 fully saturated rings. The van der Waals surface area contributed by atoms with Crippen LogP contribution in [-0.4, -0.2) is 22.2 Å². The maximum absolute atomic E-state index is 8.94. The monoisotopic (exact) mass is 165 g/mol. The third-order valence-corrected chi connectivity index (χ3v) is 1.76. The molecular weight excluding hydrogens is 153 g/mol. The molecule has 0 bridgehead atoms. The molecule has 0 unspecified atom stereocenters. The van der Waals surface area contributed by atoms with Crippen LogP contribution in [0.25, 0.3) is 0 Å². The molecule has 0 saturated heterocycles. The average Bonchev–Trinajstić information content (AvgIpc) is 2.03. The van der Waals surface area contributed by atoms with Gasteiger partial charge in [-0.15, -0.1) is 0 Å². The molecule has 1 aromatic rings. The summed E-state index contributed by atoms with van der Waals surface area (Å²) >= 11 is 0. The largest absolute Gasteiger partial charge is 0.490 e. The van der Waals surface area contributed by atoms with E-state index in [9.17, 15) is 0 Å². The molecule has 0 spiro atoms. The molecule has 12 heavy (non-hydrogen) atoms. The van der Waals surface area contributed by atoms with Crippen molar-refractivity contribution in [1.82, 2.24) is 4.98 Å². The van der Waals surface area contributed by atoms with E-state index in [1.54, 1.807) is 12.1 Å². The van der Waals surface area contributed by atoms with Crippen molar-refractivity contribution in [2.24, 2.45) is 0 Å². The van der Waals surface area contributed by atoms with Crippen LogP contribution >= 0.6 is 0 Å². The van der Waals surface area contributed by atoms with E-state index in [0.29, 0.717) is 11.9 Å². The van der Waals surface area contributed by atoms with Gasteiger partial charge in [0.15, 0.2) is 0 Å². The van der Waals surface area contributed by atoms with Gasteiger partial charge >= 0.3 is 7.12 Å². The minimum atomic E-state index is -1.41. The minimum absolute atomic E-state index is 0.503. The van der Waals surface area contributed by atoms with Crippen molar-refractivity contribution >= 4 is 12.6 Å². The number of aryl methyl sites for hydroxylation is 2. The van der Waals surface area contributed by atoms with Gasteiger partial charge in [0.25, 0.3) is 0 Å². The Hall–Kier alpha value is -0.865. The Bertz CT molecular complexity index is 276. The van der Waals surface area contributed by atoms with Crippen LogP contribution in [0.3, 0.4) is 0 Å². The van der Waals surface area contributed by atoms with E-state index in [2.05, 4.69) is 4.98 Å². The minimum Gasteiger partial charge on any atom is -0.423 e. The van der Waals surface area contributed by atoms with Crippen molar-refractivity contribution in [2.75, 3.05) is 0 Å². The highest BCUT2D eigenvalue weighted by Gasteiger charge is 2.15. The maximum atomic E-state index is 8.94. The van der Waals surface area contributed by atoms with Gasteiger partial charge in [0, 0.05) is 16.9 Å². The molecule has 0 aliphatic rings. The lowest BCUT2D eigenvalue weighted by molar-refractivity contribution is 0.425. The van der Waals surface area contributed by atoms with E-state index >= 15 is 0 Å². The van der Waals surface area contributed by atoms with Gasteiger partial charge in [-0.2, -0.15) is 0 Å². The zero-order valence-corrected chi connectivity index (χ0v) is 7.28. The smallest absolute Gasteiger partial charge is 0.423 e. The molecule has 0 aliphatic heterocycles. The van der Waals surface area contributed by atoms with Crippen LogP contribution in [0.2, 0.25) is 0 Å². The van der Waals surface area contributed by atoms with Gasteiger partial charge < -0.3 is 10.0 Å². The quantitative estimate of drug-likeness (QED) is 0.588. The van der Waals surface area contributed by atoms with Crippen molar-refractivity contribution in [3.63, 3.8) is 0 Å². The first-order valence-electron chi connectivity index (χ1n) is 3.97. The highest BCUT2D eigenvalue weighted by molar-refractivity contribution is 6.59. The van der Waals surface area contributed by atoms with Crippen molar-refractivity contribution in [3.8, 4) is 0 Å². The summed E-state index contributed by atoms with van der Waals surface area (Å²) in [5.41, 5.74) is 2.16. The van der Waals surface area contributed by atoms with Gasteiger partial charge in [-0.25, -0.2) is 0 Å². The van der Waals surface area contributed by atoms with Crippen LogP contribution in [0.15, 0.2) is 12.1 Å². The second-order valence-electron chi connectivity index (χ2n) is 2.72. The summed E-state index contributed by atoms with van der Waals surface area (Å²) in [6, 6.07) is 3.47. The zero-order valence-electron chi connectivity index (χ0n) is 7.28. The summed E-state index contributed by atoms with van der Waals surface area (Å²) < 4.78 is 0. The van der Waals surface area contributed by atoms with E-state index in [1.807, 2.05) is 13.8 Å². The van der Waals surface area contributed by atoms with Gasteiger partial charge in [-0.05, 0) is 19.4 Å². The number of aromatic nitrogens is 1. The van der Waals surface area contributed by atoms with Gasteiger partial charge in [0.05, 0.1) is 0 Å². The predicted molar refractivity (Wildman–Crippen MR) is 48.2 cm³/mol. The summed E-state index contributed by atoms with van der Waals surface area (Å²) in [7, 11) is -1.41. The molecule has 2 N–H and O–H groups in total. The first-order valence-corrected chi connectivity index (χ1v) is 3.97. The first kappa shape index (κ1) is 9.22. The van der Waals surface area contributed by atoms with Crippen molar-refractivity contribution in [3.05, 3.63) is 23.5 Å². The summed E-state index contributed by atoms with van der Waals surface area (Å²) in [6.45, 7) is 3.82. The van der Waals surface area contributed by atoms with Crippen LogP contribution < -0.4 is 5.46 Å².